The standard InChI is InChI=1S/C19H25N5O/c1-3-17(13-20-6-1)14-23-11-12-25-16-19(15-23)4-9-24(10-5-19)18-21-7-2-8-22-18/h1-3,6-8,13H,4-5,9-12,14-16H2. The lowest BCUT2D eigenvalue weighted by molar-refractivity contribution is 0.0487. The van der Waals surface area contributed by atoms with E-state index in [4.69, 9.17) is 4.74 Å². The Balaban J connectivity index is 1.41. The topological polar surface area (TPSA) is 54.4 Å². The fourth-order valence-electron chi connectivity index (χ4n) is 3.90. The quantitative estimate of drug-likeness (QED) is 0.852. The van der Waals surface area contributed by atoms with E-state index < -0.39 is 0 Å². The van der Waals surface area contributed by atoms with Crippen LogP contribution in [0, 0.1) is 5.41 Å². The molecular weight excluding hydrogens is 314 g/mol. The lowest BCUT2D eigenvalue weighted by Gasteiger charge is -2.42. The van der Waals surface area contributed by atoms with E-state index >= 15 is 0 Å². The van der Waals surface area contributed by atoms with E-state index in [1.807, 2.05) is 36.9 Å². The summed E-state index contributed by atoms with van der Waals surface area (Å²) in [5, 5.41) is 0. The van der Waals surface area contributed by atoms with Crippen LogP contribution in [0.4, 0.5) is 5.95 Å². The number of rotatable bonds is 3. The molecule has 0 aliphatic carbocycles. The highest BCUT2D eigenvalue weighted by Gasteiger charge is 2.38. The van der Waals surface area contributed by atoms with Crippen LogP contribution in [-0.2, 0) is 11.3 Å². The van der Waals surface area contributed by atoms with Crippen molar-refractivity contribution >= 4 is 5.95 Å². The van der Waals surface area contributed by atoms with Gasteiger partial charge in [0, 0.05) is 62.9 Å². The van der Waals surface area contributed by atoms with Gasteiger partial charge in [-0.05, 0) is 30.5 Å². The molecule has 0 amide bonds. The molecule has 2 aromatic heterocycles. The zero-order chi connectivity index (χ0) is 17.0. The second kappa shape index (κ2) is 7.45. The number of aromatic nitrogens is 3. The smallest absolute Gasteiger partial charge is 0.225 e. The molecule has 1 spiro atoms. The molecule has 4 rings (SSSR count). The molecule has 2 saturated heterocycles. The van der Waals surface area contributed by atoms with Gasteiger partial charge in [-0.25, -0.2) is 9.97 Å². The maximum Gasteiger partial charge on any atom is 0.225 e. The van der Waals surface area contributed by atoms with Crippen molar-refractivity contribution in [3.8, 4) is 0 Å². The first-order valence-corrected chi connectivity index (χ1v) is 9.04. The number of nitrogens with zero attached hydrogens (tertiary/aromatic N) is 5. The Morgan fingerprint density at radius 2 is 1.88 bits per heavy atom. The van der Waals surface area contributed by atoms with Gasteiger partial charge in [0.05, 0.1) is 13.2 Å². The lowest BCUT2D eigenvalue weighted by Crippen LogP contribution is -2.47. The fraction of sp³-hybridized carbons (Fsp3) is 0.526. The predicted molar refractivity (Wildman–Crippen MR) is 96.2 cm³/mol. The molecule has 25 heavy (non-hydrogen) atoms. The molecule has 2 fully saturated rings. The van der Waals surface area contributed by atoms with Crippen LogP contribution in [0.2, 0.25) is 0 Å². The van der Waals surface area contributed by atoms with E-state index in [9.17, 15) is 0 Å². The summed E-state index contributed by atoms with van der Waals surface area (Å²) in [7, 11) is 0. The molecule has 6 nitrogen and oxygen atoms in total. The Bertz CT molecular complexity index is 658. The van der Waals surface area contributed by atoms with Crippen molar-refractivity contribution in [2.24, 2.45) is 5.41 Å². The molecule has 0 aromatic carbocycles. The highest BCUT2D eigenvalue weighted by atomic mass is 16.5. The van der Waals surface area contributed by atoms with Gasteiger partial charge in [0.15, 0.2) is 0 Å². The summed E-state index contributed by atoms with van der Waals surface area (Å²) in [6.45, 7) is 6.69. The Hall–Kier alpha value is -2.05. The Morgan fingerprint density at radius 3 is 2.64 bits per heavy atom. The summed E-state index contributed by atoms with van der Waals surface area (Å²) in [6, 6.07) is 6.03. The number of piperidine rings is 1. The summed E-state index contributed by atoms with van der Waals surface area (Å²) in [6.07, 6.45) is 9.67. The van der Waals surface area contributed by atoms with Crippen molar-refractivity contribution in [2.45, 2.75) is 19.4 Å². The van der Waals surface area contributed by atoms with Gasteiger partial charge < -0.3 is 9.64 Å². The summed E-state index contributed by atoms with van der Waals surface area (Å²) in [5.41, 5.74) is 1.51. The first-order valence-electron chi connectivity index (χ1n) is 9.04. The summed E-state index contributed by atoms with van der Waals surface area (Å²) in [4.78, 5) is 17.8. The van der Waals surface area contributed by atoms with Gasteiger partial charge in [-0.3, -0.25) is 9.88 Å². The SMILES string of the molecule is c1cnc(N2CCC3(CC2)COCCN(Cc2cccnc2)C3)nc1. The van der Waals surface area contributed by atoms with E-state index in [1.165, 1.54) is 5.56 Å². The molecule has 0 atom stereocenters. The van der Waals surface area contributed by atoms with Gasteiger partial charge in [-0.15, -0.1) is 0 Å². The molecule has 4 heterocycles. The maximum absolute atomic E-state index is 5.99. The Labute approximate surface area is 148 Å². The average Bonchev–Trinajstić information content (AvgIpc) is 2.86. The average molecular weight is 339 g/mol. The minimum absolute atomic E-state index is 0.240. The highest BCUT2D eigenvalue weighted by molar-refractivity contribution is 5.29. The molecule has 0 radical (unpaired) electrons. The second-order valence-electron chi connectivity index (χ2n) is 7.16. The van der Waals surface area contributed by atoms with Gasteiger partial charge in [0.2, 0.25) is 5.95 Å². The van der Waals surface area contributed by atoms with Crippen molar-refractivity contribution in [1.29, 1.82) is 0 Å². The molecule has 0 bridgehead atoms. The van der Waals surface area contributed by atoms with Crippen LogP contribution in [-0.4, -0.2) is 59.2 Å². The Morgan fingerprint density at radius 1 is 1.04 bits per heavy atom. The number of anilines is 1. The third kappa shape index (κ3) is 3.96. The van der Waals surface area contributed by atoms with Crippen LogP contribution < -0.4 is 4.90 Å². The van der Waals surface area contributed by atoms with Crippen molar-refractivity contribution in [1.82, 2.24) is 19.9 Å². The van der Waals surface area contributed by atoms with Gasteiger partial charge in [-0.1, -0.05) is 6.07 Å². The van der Waals surface area contributed by atoms with E-state index in [0.717, 1.165) is 64.7 Å². The van der Waals surface area contributed by atoms with Crippen LogP contribution in [0.25, 0.3) is 0 Å². The van der Waals surface area contributed by atoms with Crippen LogP contribution in [0.5, 0.6) is 0 Å². The first kappa shape index (κ1) is 16.4. The van der Waals surface area contributed by atoms with Crippen molar-refractivity contribution in [3.63, 3.8) is 0 Å². The molecule has 0 saturated carbocycles. The largest absolute Gasteiger partial charge is 0.379 e. The van der Waals surface area contributed by atoms with E-state index in [1.54, 1.807) is 0 Å². The molecular formula is C19H25N5O. The highest BCUT2D eigenvalue weighted by Crippen LogP contribution is 2.35. The van der Waals surface area contributed by atoms with E-state index in [2.05, 4.69) is 30.8 Å². The third-order valence-corrected chi connectivity index (χ3v) is 5.31. The van der Waals surface area contributed by atoms with Crippen LogP contribution in [0.3, 0.4) is 0 Å². The van der Waals surface area contributed by atoms with E-state index in [-0.39, 0.29) is 5.41 Å². The number of hydrogen-bond acceptors (Lipinski definition) is 6. The molecule has 2 aliphatic rings. The molecule has 0 N–H and O–H groups in total. The number of hydrogen-bond donors (Lipinski definition) is 0. The minimum Gasteiger partial charge on any atom is -0.379 e. The van der Waals surface area contributed by atoms with Crippen LogP contribution in [0.15, 0.2) is 43.0 Å². The van der Waals surface area contributed by atoms with Crippen molar-refractivity contribution < 1.29 is 4.74 Å². The molecule has 6 heteroatoms. The number of ether oxygens (including phenoxy) is 1. The summed E-state index contributed by atoms with van der Waals surface area (Å²) < 4.78 is 5.99. The fourth-order valence-corrected chi connectivity index (χ4v) is 3.90. The third-order valence-electron chi connectivity index (χ3n) is 5.31. The normalized spacial score (nSPS) is 21.2. The van der Waals surface area contributed by atoms with Crippen LogP contribution in [0.1, 0.15) is 18.4 Å². The molecule has 132 valence electrons. The summed E-state index contributed by atoms with van der Waals surface area (Å²) >= 11 is 0. The minimum atomic E-state index is 0.240. The lowest BCUT2D eigenvalue weighted by atomic mass is 9.78. The Kier molecular flexibility index (Phi) is 4.90. The van der Waals surface area contributed by atoms with Crippen LogP contribution >= 0.6 is 0 Å². The van der Waals surface area contributed by atoms with Gasteiger partial charge >= 0.3 is 0 Å². The van der Waals surface area contributed by atoms with Gasteiger partial charge in [-0.2, -0.15) is 0 Å². The monoisotopic (exact) mass is 339 g/mol. The van der Waals surface area contributed by atoms with E-state index in [0.29, 0.717) is 0 Å². The van der Waals surface area contributed by atoms with Crippen molar-refractivity contribution in [3.05, 3.63) is 48.5 Å². The van der Waals surface area contributed by atoms with Gasteiger partial charge in [0.25, 0.3) is 0 Å². The van der Waals surface area contributed by atoms with Gasteiger partial charge in [0.1, 0.15) is 0 Å². The predicted octanol–water partition coefficient (Wildman–Crippen LogP) is 1.99. The maximum atomic E-state index is 5.99. The molecule has 2 aliphatic heterocycles. The molecule has 0 unspecified atom stereocenters. The zero-order valence-electron chi connectivity index (χ0n) is 14.5. The second-order valence-corrected chi connectivity index (χ2v) is 7.16. The zero-order valence-corrected chi connectivity index (χ0v) is 14.5. The first-order chi connectivity index (χ1) is 12.3. The van der Waals surface area contributed by atoms with Crippen molar-refractivity contribution in [2.75, 3.05) is 44.3 Å². The summed E-state index contributed by atoms with van der Waals surface area (Å²) in [5.74, 6) is 0.846. The number of pyridine rings is 1. The molecule has 2 aromatic rings.